The number of phenolic OH excluding ortho intramolecular Hbond substituents is 1. The molecule has 3 aromatic carbocycles. The summed E-state index contributed by atoms with van der Waals surface area (Å²) in [5, 5.41) is 15.7. The molecule has 0 aliphatic heterocycles. The third-order valence-electron chi connectivity index (χ3n) is 3.81. The number of hydrogen-bond acceptors (Lipinski definition) is 3. The van der Waals surface area contributed by atoms with Crippen molar-refractivity contribution < 1.29 is 9.90 Å². The van der Waals surface area contributed by atoms with Gasteiger partial charge in [0.05, 0.1) is 5.56 Å². The van der Waals surface area contributed by atoms with Gasteiger partial charge in [-0.2, -0.15) is 5.10 Å². The van der Waals surface area contributed by atoms with Crippen LogP contribution >= 0.6 is 0 Å². The van der Waals surface area contributed by atoms with Gasteiger partial charge in [-0.3, -0.25) is 4.79 Å². The van der Waals surface area contributed by atoms with Crippen LogP contribution in [0.5, 0.6) is 5.75 Å². The van der Waals surface area contributed by atoms with E-state index in [1.54, 1.807) is 18.3 Å². The van der Waals surface area contributed by atoms with Crippen LogP contribution in [0.1, 0.15) is 22.3 Å². The molecule has 0 saturated carbocycles. The summed E-state index contributed by atoms with van der Waals surface area (Å²) in [5.74, 6) is -0.445. The summed E-state index contributed by atoms with van der Waals surface area (Å²) in [6, 6.07) is 20.9. The first-order chi connectivity index (χ1) is 11.8. The fraction of sp³-hybridized carbons (Fsp3) is 0.100. The highest BCUT2D eigenvalue weighted by Gasteiger charge is 2.12. The lowest BCUT2D eigenvalue weighted by molar-refractivity contribution is 0.0952. The van der Waals surface area contributed by atoms with E-state index in [1.807, 2.05) is 42.5 Å². The standard InChI is InChI=1S/C20H18N2O2/c23-19-17-11-5-4-10-16(17)12-13-18(19)20(24)22-21-14-6-9-15-7-2-1-3-8-15/h1-5,7-8,10-14,23H,6,9H2,(H,22,24)/b21-14-. The van der Waals surface area contributed by atoms with Gasteiger partial charge in [0.15, 0.2) is 0 Å². The number of carbonyl (C=O) groups is 1. The Kier molecular flexibility index (Phi) is 4.87. The number of aromatic hydroxyl groups is 1. The number of rotatable bonds is 5. The van der Waals surface area contributed by atoms with Crippen molar-refractivity contribution in [1.82, 2.24) is 5.43 Å². The fourth-order valence-corrected chi connectivity index (χ4v) is 2.54. The minimum Gasteiger partial charge on any atom is -0.506 e. The quantitative estimate of drug-likeness (QED) is 0.554. The summed E-state index contributed by atoms with van der Waals surface area (Å²) in [4.78, 5) is 12.2. The van der Waals surface area contributed by atoms with Crippen LogP contribution in [-0.4, -0.2) is 17.2 Å². The number of aryl methyl sites for hydroxylation is 1. The van der Waals surface area contributed by atoms with E-state index in [9.17, 15) is 9.90 Å². The Morgan fingerprint density at radius 3 is 2.58 bits per heavy atom. The van der Waals surface area contributed by atoms with Gasteiger partial charge in [0.1, 0.15) is 5.75 Å². The number of hydrogen-bond donors (Lipinski definition) is 2. The van der Waals surface area contributed by atoms with Crippen molar-refractivity contribution in [3.8, 4) is 5.75 Å². The van der Waals surface area contributed by atoms with E-state index >= 15 is 0 Å². The van der Waals surface area contributed by atoms with E-state index in [0.29, 0.717) is 5.39 Å². The predicted molar refractivity (Wildman–Crippen MR) is 96.3 cm³/mol. The molecule has 4 heteroatoms. The number of benzene rings is 3. The van der Waals surface area contributed by atoms with Gasteiger partial charge in [-0.25, -0.2) is 5.43 Å². The highest BCUT2D eigenvalue weighted by atomic mass is 16.3. The SMILES string of the molecule is O=C(N/N=C\CCc1ccccc1)c1ccc2ccccc2c1O. The first-order valence-electron chi connectivity index (χ1n) is 7.82. The Bertz CT molecular complexity index is 873. The summed E-state index contributed by atoms with van der Waals surface area (Å²) in [6.07, 6.45) is 3.26. The lowest BCUT2D eigenvalue weighted by atomic mass is 10.1. The molecule has 2 N–H and O–H groups in total. The van der Waals surface area contributed by atoms with E-state index in [4.69, 9.17) is 0 Å². The minimum atomic E-state index is -0.422. The van der Waals surface area contributed by atoms with Crippen molar-refractivity contribution in [3.63, 3.8) is 0 Å². The average Bonchev–Trinajstić information content (AvgIpc) is 2.62. The monoisotopic (exact) mass is 318 g/mol. The first kappa shape index (κ1) is 15.7. The van der Waals surface area contributed by atoms with Gasteiger partial charge < -0.3 is 5.11 Å². The van der Waals surface area contributed by atoms with Crippen LogP contribution in [0.2, 0.25) is 0 Å². The highest BCUT2D eigenvalue weighted by Crippen LogP contribution is 2.28. The number of fused-ring (bicyclic) bond motifs is 1. The Balaban J connectivity index is 1.61. The van der Waals surface area contributed by atoms with Gasteiger partial charge in [-0.05, 0) is 29.9 Å². The highest BCUT2D eigenvalue weighted by molar-refractivity contribution is 6.03. The molecule has 24 heavy (non-hydrogen) atoms. The van der Waals surface area contributed by atoms with Crippen molar-refractivity contribution in [3.05, 3.63) is 77.9 Å². The molecule has 120 valence electrons. The number of phenols is 1. The average molecular weight is 318 g/mol. The zero-order valence-electron chi connectivity index (χ0n) is 13.1. The van der Waals surface area contributed by atoms with E-state index in [2.05, 4.69) is 22.7 Å². The molecule has 0 radical (unpaired) electrons. The maximum absolute atomic E-state index is 12.2. The van der Waals surface area contributed by atoms with E-state index in [0.717, 1.165) is 18.2 Å². The Hall–Kier alpha value is -3.14. The number of amides is 1. The van der Waals surface area contributed by atoms with E-state index < -0.39 is 5.91 Å². The maximum atomic E-state index is 12.2. The molecule has 0 aromatic heterocycles. The van der Waals surface area contributed by atoms with Crippen molar-refractivity contribution in [2.75, 3.05) is 0 Å². The van der Waals surface area contributed by atoms with Gasteiger partial charge in [0.2, 0.25) is 0 Å². The molecule has 0 aliphatic carbocycles. The lowest BCUT2D eigenvalue weighted by Crippen LogP contribution is -2.17. The molecular weight excluding hydrogens is 300 g/mol. The lowest BCUT2D eigenvalue weighted by Gasteiger charge is -2.06. The molecule has 3 aromatic rings. The topological polar surface area (TPSA) is 61.7 Å². The van der Waals surface area contributed by atoms with Crippen LogP contribution in [0.15, 0.2) is 71.8 Å². The van der Waals surface area contributed by atoms with E-state index in [1.165, 1.54) is 5.56 Å². The van der Waals surface area contributed by atoms with Gasteiger partial charge >= 0.3 is 0 Å². The molecule has 1 amide bonds. The van der Waals surface area contributed by atoms with E-state index in [-0.39, 0.29) is 11.3 Å². The number of hydrazone groups is 1. The molecule has 0 unspecified atom stereocenters. The van der Waals surface area contributed by atoms with Crippen LogP contribution in [0, 0.1) is 0 Å². The molecule has 0 atom stereocenters. The molecule has 3 rings (SSSR count). The molecule has 0 bridgehead atoms. The fourth-order valence-electron chi connectivity index (χ4n) is 2.54. The number of carbonyl (C=O) groups excluding carboxylic acids is 1. The van der Waals surface area contributed by atoms with Crippen molar-refractivity contribution >= 4 is 22.9 Å². The Morgan fingerprint density at radius 1 is 1.00 bits per heavy atom. The van der Waals surface area contributed by atoms with Gasteiger partial charge in [0.25, 0.3) is 5.91 Å². The second-order valence-corrected chi connectivity index (χ2v) is 5.46. The largest absolute Gasteiger partial charge is 0.506 e. The summed E-state index contributed by atoms with van der Waals surface area (Å²) >= 11 is 0. The molecule has 0 saturated heterocycles. The predicted octanol–water partition coefficient (Wildman–Crippen LogP) is 3.89. The summed E-state index contributed by atoms with van der Waals surface area (Å²) in [5.41, 5.74) is 3.90. The van der Waals surface area contributed by atoms with Gasteiger partial charge in [-0.15, -0.1) is 0 Å². The first-order valence-corrected chi connectivity index (χ1v) is 7.82. The second kappa shape index (κ2) is 7.42. The van der Waals surface area contributed by atoms with Crippen LogP contribution in [0.25, 0.3) is 10.8 Å². The Labute approximate surface area is 140 Å². The smallest absolute Gasteiger partial charge is 0.275 e. The zero-order chi connectivity index (χ0) is 16.8. The second-order valence-electron chi connectivity index (χ2n) is 5.46. The molecule has 0 fully saturated rings. The van der Waals surface area contributed by atoms with Crippen LogP contribution in [0.4, 0.5) is 0 Å². The third-order valence-corrected chi connectivity index (χ3v) is 3.81. The molecule has 0 spiro atoms. The number of nitrogens with one attached hydrogen (secondary N) is 1. The maximum Gasteiger partial charge on any atom is 0.275 e. The van der Waals surface area contributed by atoms with Gasteiger partial charge in [0, 0.05) is 11.6 Å². The van der Waals surface area contributed by atoms with Crippen LogP contribution in [-0.2, 0) is 6.42 Å². The van der Waals surface area contributed by atoms with Gasteiger partial charge in [-0.1, -0.05) is 60.7 Å². The molecule has 0 aliphatic rings. The normalized spacial score (nSPS) is 11.0. The molecule has 4 nitrogen and oxygen atoms in total. The van der Waals surface area contributed by atoms with Crippen molar-refractivity contribution in [2.24, 2.45) is 5.10 Å². The minimum absolute atomic E-state index is 0.0231. The van der Waals surface area contributed by atoms with Crippen molar-refractivity contribution in [1.29, 1.82) is 0 Å². The molecule has 0 heterocycles. The van der Waals surface area contributed by atoms with Crippen LogP contribution < -0.4 is 5.43 Å². The van der Waals surface area contributed by atoms with Crippen molar-refractivity contribution in [2.45, 2.75) is 12.8 Å². The van der Waals surface area contributed by atoms with Crippen LogP contribution in [0.3, 0.4) is 0 Å². The summed E-state index contributed by atoms with van der Waals surface area (Å²) in [7, 11) is 0. The summed E-state index contributed by atoms with van der Waals surface area (Å²) in [6.45, 7) is 0. The zero-order valence-corrected chi connectivity index (χ0v) is 13.1. The summed E-state index contributed by atoms with van der Waals surface area (Å²) < 4.78 is 0. The number of nitrogens with zero attached hydrogens (tertiary/aromatic N) is 1. The Morgan fingerprint density at radius 2 is 1.75 bits per heavy atom. The molecular formula is C20H18N2O2. The third kappa shape index (κ3) is 3.60.